The first-order valence-electron chi connectivity index (χ1n) is 10.1. The first-order valence-corrected chi connectivity index (χ1v) is 10.9. The third kappa shape index (κ3) is 4.78. The Bertz CT molecular complexity index is 868. The van der Waals surface area contributed by atoms with Crippen LogP contribution in [0.3, 0.4) is 0 Å². The quantitative estimate of drug-likeness (QED) is 0.545. The molecule has 2 aromatic rings. The molecule has 152 valence electrons. The fourth-order valence-electron chi connectivity index (χ4n) is 3.91. The van der Waals surface area contributed by atoms with E-state index in [2.05, 4.69) is 22.5 Å². The lowest BCUT2D eigenvalue weighted by atomic mass is 10.0. The third-order valence-electron chi connectivity index (χ3n) is 5.42. The number of halogens is 1. The van der Waals surface area contributed by atoms with Crippen molar-refractivity contribution < 1.29 is 9.59 Å². The van der Waals surface area contributed by atoms with E-state index in [9.17, 15) is 9.59 Å². The minimum absolute atomic E-state index is 0.0165. The highest BCUT2D eigenvalue weighted by molar-refractivity contribution is 9.10. The van der Waals surface area contributed by atoms with Crippen LogP contribution in [0, 0.1) is 0 Å². The van der Waals surface area contributed by atoms with Crippen LogP contribution in [0.1, 0.15) is 43.4 Å². The summed E-state index contributed by atoms with van der Waals surface area (Å²) in [4.78, 5) is 30.4. The normalized spacial score (nSPS) is 17.0. The minimum atomic E-state index is -0.682. The van der Waals surface area contributed by atoms with Crippen LogP contribution in [-0.4, -0.2) is 34.2 Å². The van der Waals surface area contributed by atoms with E-state index >= 15 is 0 Å². The van der Waals surface area contributed by atoms with Gasteiger partial charge in [0, 0.05) is 30.0 Å². The van der Waals surface area contributed by atoms with Crippen LogP contribution in [0.25, 0.3) is 0 Å². The first-order chi connectivity index (χ1) is 14.1. The second-order valence-corrected chi connectivity index (χ2v) is 8.12. The van der Waals surface area contributed by atoms with Crippen molar-refractivity contribution in [2.45, 2.75) is 44.8 Å². The van der Waals surface area contributed by atoms with Gasteiger partial charge in [0.2, 0.25) is 5.91 Å². The van der Waals surface area contributed by atoms with Crippen molar-refractivity contribution in [1.82, 2.24) is 9.80 Å². The Morgan fingerprint density at radius 3 is 2.55 bits per heavy atom. The summed E-state index contributed by atoms with van der Waals surface area (Å²) in [5.41, 5.74) is 1.81. The zero-order valence-corrected chi connectivity index (χ0v) is 18.3. The van der Waals surface area contributed by atoms with Gasteiger partial charge in [-0.3, -0.25) is 9.59 Å². The molecule has 0 bridgehead atoms. The van der Waals surface area contributed by atoms with Crippen molar-refractivity contribution in [3.8, 4) is 0 Å². The molecule has 4 nitrogen and oxygen atoms in total. The number of likely N-dealkylation sites (tertiary alicyclic amines) is 1. The second-order valence-electron chi connectivity index (χ2n) is 7.26. The van der Waals surface area contributed by atoms with Gasteiger partial charge in [0.25, 0.3) is 5.91 Å². The van der Waals surface area contributed by atoms with E-state index in [-0.39, 0.29) is 17.9 Å². The van der Waals surface area contributed by atoms with E-state index < -0.39 is 6.04 Å². The van der Waals surface area contributed by atoms with Crippen LogP contribution in [0.2, 0.25) is 0 Å². The molecule has 0 radical (unpaired) electrons. The lowest BCUT2D eigenvalue weighted by Gasteiger charge is -2.36. The minimum Gasteiger partial charge on any atom is -0.334 e. The molecule has 1 heterocycles. The molecule has 2 amide bonds. The fraction of sp³-hybridized carbons (Fsp3) is 0.333. The molecule has 1 aliphatic rings. The van der Waals surface area contributed by atoms with Gasteiger partial charge in [0.05, 0.1) is 0 Å². The number of hydrogen-bond acceptors (Lipinski definition) is 2. The molecule has 3 rings (SSSR count). The smallest absolute Gasteiger partial charge is 0.250 e. The Balaban J connectivity index is 2.06. The van der Waals surface area contributed by atoms with Crippen LogP contribution in [0.15, 0.2) is 71.7 Å². The summed E-state index contributed by atoms with van der Waals surface area (Å²) < 4.78 is 0.828. The molecular weight excluding hydrogens is 428 g/mol. The Morgan fingerprint density at radius 2 is 1.90 bits per heavy atom. The standard InChI is InChI=1S/C24H27BrN2O2/c1-3-19-13-10-16-26(19)24(29)23(20-14-8-9-15-21(20)25)27(22(28)4-2)17-18-11-6-5-7-12-18/h3,5-9,11-12,14-15,19,23H,1,4,10,13,16-17H2,2H3. The van der Waals surface area contributed by atoms with E-state index in [4.69, 9.17) is 0 Å². The Kier molecular flexibility index (Phi) is 7.26. The molecule has 2 aromatic carbocycles. The van der Waals surface area contributed by atoms with E-state index in [0.29, 0.717) is 19.5 Å². The molecule has 0 spiro atoms. The third-order valence-corrected chi connectivity index (χ3v) is 6.14. The molecule has 1 aliphatic heterocycles. The van der Waals surface area contributed by atoms with Crippen molar-refractivity contribution in [3.63, 3.8) is 0 Å². The van der Waals surface area contributed by atoms with Crippen LogP contribution >= 0.6 is 15.9 Å². The van der Waals surface area contributed by atoms with Crippen LogP contribution in [-0.2, 0) is 16.1 Å². The predicted molar refractivity (Wildman–Crippen MR) is 119 cm³/mol. The molecule has 2 unspecified atom stereocenters. The van der Waals surface area contributed by atoms with Crippen LogP contribution < -0.4 is 0 Å². The summed E-state index contributed by atoms with van der Waals surface area (Å²) in [6, 6.07) is 16.8. The zero-order chi connectivity index (χ0) is 20.8. The van der Waals surface area contributed by atoms with Crippen LogP contribution in [0.5, 0.6) is 0 Å². The molecule has 0 aliphatic carbocycles. The molecule has 2 atom stereocenters. The lowest BCUT2D eigenvalue weighted by molar-refractivity contribution is -0.147. The van der Waals surface area contributed by atoms with Gasteiger partial charge < -0.3 is 9.80 Å². The van der Waals surface area contributed by atoms with Crippen molar-refractivity contribution in [3.05, 3.63) is 82.9 Å². The monoisotopic (exact) mass is 454 g/mol. The summed E-state index contributed by atoms with van der Waals surface area (Å²) in [7, 11) is 0. The molecule has 0 N–H and O–H groups in total. The van der Waals surface area contributed by atoms with E-state index in [1.54, 1.807) is 4.90 Å². The highest BCUT2D eigenvalue weighted by Crippen LogP contribution is 2.33. The van der Waals surface area contributed by atoms with Gasteiger partial charge in [-0.25, -0.2) is 0 Å². The first kappa shape index (κ1) is 21.3. The highest BCUT2D eigenvalue weighted by Gasteiger charge is 2.38. The zero-order valence-electron chi connectivity index (χ0n) is 16.8. The van der Waals surface area contributed by atoms with Gasteiger partial charge in [-0.15, -0.1) is 6.58 Å². The van der Waals surface area contributed by atoms with Crippen molar-refractivity contribution in [2.75, 3.05) is 6.54 Å². The van der Waals surface area contributed by atoms with E-state index in [1.165, 1.54) is 0 Å². The maximum Gasteiger partial charge on any atom is 0.250 e. The number of carbonyl (C=O) groups is 2. The number of hydrogen-bond donors (Lipinski definition) is 0. The number of rotatable bonds is 7. The lowest BCUT2D eigenvalue weighted by Crippen LogP contribution is -2.46. The average Bonchev–Trinajstić information content (AvgIpc) is 3.23. The van der Waals surface area contributed by atoms with Crippen molar-refractivity contribution in [1.29, 1.82) is 0 Å². The van der Waals surface area contributed by atoms with E-state index in [0.717, 1.165) is 28.4 Å². The fourth-order valence-corrected chi connectivity index (χ4v) is 4.41. The van der Waals surface area contributed by atoms with Gasteiger partial charge >= 0.3 is 0 Å². The second kappa shape index (κ2) is 9.88. The SMILES string of the molecule is C=CC1CCCN1C(=O)C(c1ccccc1Br)N(Cc1ccccc1)C(=O)CC. The largest absolute Gasteiger partial charge is 0.334 e. The topological polar surface area (TPSA) is 40.6 Å². The average molecular weight is 455 g/mol. The van der Waals surface area contributed by atoms with Gasteiger partial charge in [-0.2, -0.15) is 0 Å². The van der Waals surface area contributed by atoms with Crippen molar-refractivity contribution >= 4 is 27.7 Å². The highest BCUT2D eigenvalue weighted by atomic mass is 79.9. The summed E-state index contributed by atoms with van der Waals surface area (Å²) in [5, 5.41) is 0. The number of amides is 2. The molecule has 0 aromatic heterocycles. The van der Waals surface area contributed by atoms with Crippen molar-refractivity contribution in [2.24, 2.45) is 0 Å². The molecular formula is C24H27BrN2O2. The van der Waals surface area contributed by atoms with Gasteiger partial charge in [-0.05, 0) is 30.0 Å². The summed E-state index contributed by atoms with van der Waals surface area (Å²) in [5.74, 6) is -0.0886. The van der Waals surface area contributed by atoms with Gasteiger partial charge in [0.1, 0.15) is 6.04 Å². The number of carbonyl (C=O) groups excluding carboxylic acids is 2. The van der Waals surface area contributed by atoms with E-state index in [1.807, 2.05) is 72.5 Å². The summed E-state index contributed by atoms with van der Waals surface area (Å²) in [6.07, 6.45) is 4.04. The summed E-state index contributed by atoms with van der Waals surface area (Å²) >= 11 is 3.60. The molecule has 29 heavy (non-hydrogen) atoms. The number of nitrogens with zero attached hydrogens (tertiary/aromatic N) is 2. The Morgan fingerprint density at radius 1 is 1.21 bits per heavy atom. The maximum atomic E-state index is 13.8. The van der Waals surface area contributed by atoms with Gasteiger partial charge in [0.15, 0.2) is 0 Å². The Hall–Kier alpha value is -2.40. The maximum absolute atomic E-state index is 13.8. The molecule has 1 saturated heterocycles. The summed E-state index contributed by atoms with van der Waals surface area (Å²) in [6.45, 7) is 6.82. The number of benzene rings is 2. The Labute approximate surface area is 181 Å². The van der Waals surface area contributed by atoms with Crippen LogP contribution in [0.4, 0.5) is 0 Å². The predicted octanol–water partition coefficient (Wildman–Crippen LogP) is 5.11. The molecule has 0 saturated carbocycles. The molecule has 5 heteroatoms. The molecule has 1 fully saturated rings. The van der Waals surface area contributed by atoms with Gasteiger partial charge in [-0.1, -0.05) is 77.5 Å².